The van der Waals surface area contributed by atoms with Crippen molar-refractivity contribution in [1.82, 2.24) is 0 Å². The second-order valence-corrected chi connectivity index (χ2v) is 19.0. The maximum Gasteiger partial charge on any atom is 0.124 e. The van der Waals surface area contributed by atoms with E-state index in [0.717, 1.165) is 28.5 Å². The van der Waals surface area contributed by atoms with Crippen LogP contribution in [0.15, 0.2) is 24.3 Å². The summed E-state index contributed by atoms with van der Waals surface area (Å²) in [7, 11) is 3.05. The molecule has 0 heterocycles. The molecule has 2 aromatic rings. The van der Waals surface area contributed by atoms with Gasteiger partial charge in [0, 0.05) is 22.7 Å². The molecule has 4 fully saturated rings. The fourth-order valence-electron chi connectivity index (χ4n) is 8.25. The van der Waals surface area contributed by atoms with Crippen molar-refractivity contribution in [1.29, 1.82) is 0 Å². The maximum atomic E-state index is 5.57. The van der Waals surface area contributed by atoms with Crippen LogP contribution in [-0.4, -0.2) is 31.2 Å². The maximum absolute atomic E-state index is 5.57. The summed E-state index contributed by atoms with van der Waals surface area (Å²) in [6.45, 7) is 11.0. The van der Waals surface area contributed by atoms with Crippen molar-refractivity contribution in [2.24, 2.45) is 0 Å². The zero-order chi connectivity index (χ0) is 32.6. The molecule has 4 aliphatic rings. The molecule has 2 nitrogen and oxygen atoms in total. The molecule has 1 atom stereocenters. The molecule has 10 radical (unpaired) electrons. The molecule has 0 aromatic heterocycles. The van der Waals surface area contributed by atoms with E-state index in [-0.39, 0.29) is 25.0 Å². The van der Waals surface area contributed by atoms with Gasteiger partial charge in [0.1, 0.15) is 11.5 Å². The van der Waals surface area contributed by atoms with E-state index < -0.39 is 7.92 Å². The fraction of sp³-hybridized carbons (Fsp3) is 0.476. The van der Waals surface area contributed by atoms with Gasteiger partial charge >= 0.3 is 0 Å². The minimum absolute atomic E-state index is 0. The summed E-state index contributed by atoms with van der Waals surface area (Å²) in [6, 6.07) is 9.11. The van der Waals surface area contributed by atoms with Crippen LogP contribution >= 0.6 is 15.8 Å². The summed E-state index contributed by atoms with van der Waals surface area (Å²) in [4.78, 5) is 0. The molecule has 4 saturated carbocycles. The average molecular weight is 711 g/mol. The van der Waals surface area contributed by atoms with Crippen LogP contribution in [0, 0.1) is 90.6 Å². The molecule has 254 valence electrons. The topological polar surface area (TPSA) is 18.5 Å². The van der Waals surface area contributed by atoms with Crippen molar-refractivity contribution in [3.8, 4) is 11.5 Å². The minimum atomic E-state index is -0.620. The Balaban J connectivity index is 0.000000215. The van der Waals surface area contributed by atoms with Crippen molar-refractivity contribution in [2.45, 2.75) is 116 Å². The summed E-state index contributed by atoms with van der Waals surface area (Å²) in [5, 5.41) is 2.71. The first-order valence-electron chi connectivity index (χ1n) is 17.6. The van der Waals surface area contributed by atoms with Crippen molar-refractivity contribution in [3.05, 3.63) is 109 Å². The van der Waals surface area contributed by atoms with Crippen LogP contribution in [0.2, 0.25) is 0 Å². The van der Waals surface area contributed by atoms with Crippen LogP contribution in [0.3, 0.4) is 0 Å². The molecule has 1 unspecified atom stereocenters. The molecule has 5 heteroatoms. The quantitative estimate of drug-likeness (QED) is 0.191. The van der Waals surface area contributed by atoms with Gasteiger partial charge in [0.25, 0.3) is 0 Å². The predicted octanol–water partition coefficient (Wildman–Crippen LogP) is 10.7. The molecule has 0 amide bonds. The van der Waals surface area contributed by atoms with E-state index in [4.69, 9.17) is 9.47 Å². The first kappa shape index (κ1) is 39.2. The third-order valence-corrected chi connectivity index (χ3v) is 16.6. The molecule has 47 heavy (non-hydrogen) atoms. The second-order valence-electron chi connectivity index (χ2n) is 13.6. The monoisotopic (exact) mass is 710 g/mol. The Kier molecular flexibility index (Phi) is 16.0. The van der Waals surface area contributed by atoms with E-state index in [2.05, 4.69) is 110 Å². The number of aryl methyl sites for hydroxylation is 4. The molecule has 0 aliphatic heterocycles. The normalized spacial score (nSPS) is 20.6. The van der Waals surface area contributed by atoms with E-state index in [1.807, 2.05) is 0 Å². The molecule has 0 spiro atoms. The first-order chi connectivity index (χ1) is 22.3. The molecule has 6 rings (SSSR count). The van der Waals surface area contributed by atoms with Gasteiger partial charge in [-0.05, 0) is 193 Å². The molecule has 0 N–H and O–H groups in total. The van der Waals surface area contributed by atoms with Gasteiger partial charge in [0.05, 0.1) is 14.2 Å². The number of hydrogen-bond acceptors (Lipinski definition) is 2. The van der Waals surface area contributed by atoms with Crippen LogP contribution in [-0.2, 0) is 17.1 Å². The summed E-state index contributed by atoms with van der Waals surface area (Å²) < 4.78 is 11.1. The largest absolute Gasteiger partial charge is 0.496 e. The number of ether oxygens (including phenoxy) is 2. The summed E-state index contributed by atoms with van der Waals surface area (Å²) in [6.07, 6.45) is 33.1. The zero-order valence-electron chi connectivity index (χ0n) is 29.8. The summed E-state index contributed by atoms with van der Waals surface area (Å²) >= 11 is 0. The Morgan fingerprint density at radius 1 is 0.574 bits per heavy atom. The molecular weight excluding hydrogens is 654 g/mol. The van der Waals surface area contributed by atoms with Crippen LogP contribution in [0.25, 0.3) is 0 Å². The Bertz CT molecular complexity index is 1120. The molecular formula is C42H56FeO2P2. The van der Waals surface area contributed by atoms with Gasteiger partial charge in [-0.3, -0.25) is 0 Å². The van der Waals surface area contributed by atoms with E-state index in [1.54, 1.807) is 20.1 Å². The van der Waals surface area contributed by atoms with Crippen molar-refractivity contribution in [3.63, 3.8) is 0 Å². The number of benzene rings is 2. The fourth-order valence-corrected chi connectivity index (χ4v) is 15.2. The van der Waals surface area contributed by atoms with Gasteiger partial charge in [-0.15, -0.1) is 0 Å². The molecule has 0 saturated heterocycles. The number of rotatable bonds is 9. The van der Waals surface area contributed by atoms with Gasteiger partial charge < -0.3 is 9.47 Å². The van der Waals surface area contributed by atoms with Gasteiger partial charge in [0.2, 0.25) is 0 Å². The van der Waals surface area contributed by atoms with E-state index in [1.165, 1.54) is 103 Å². The average Bonchev–Trinajstić information content (AvgIpc) is 3.78. The molecule has 2 aromatic carbocycles. The summed E-state index contributed by atoms with van der Waals surface area (Å²) in [5.74, 6) is 3.59. The van der Waals surface area contributed by atoms with Gasteiger partial charge in [-0.25, -0.2) is 0 Å². The summed E-state index contributed by atoms with van der Waals surface area (Å²) in [5.41, 5.74) is 9.09. The Morgan fingerprint density at radius 3 is 1.30 bits per heavy atom. The van der Waals surface area contributed by atoms with Crippen LogP contribution in [0.1, 0.15) is 93.4 Å². The Morgan fingerprint density at radius 2 is 0.936 bits per heavy atom. The van der Waals surface area contributed by atoms with E-state index in [0.29, 0.717) is 0 Å². The number of methoxy groups -OCH3 is 2. The number of hydrogen-bond donors (Lipinski definition) is 0. The zero-order valence-corrected chi connectivity index (χ0v) is 32.7. The second kappa shape index (κ2) is 19.1. The third-order valence-electron chi connectivity index (χ3n) is 10.3. The first-order valence-corrected chi connectivity index (χ1v) is 20.5. The Labute approximate surface area is 302 Å². The van der Waals surface area contributed by atoms with Crippen molar-refractivity contribution >= 4 is 26.5 Å². The molecule has 4 aliphatic carbocycles. The van der Waals surface area contributed by atoms with Crippen LogP contribution < -0.4 is 20.1 Å². The van der Waals surface area contributed by atoms with Crippen molar-refractivity contribution < 1.29 is 26.5 Å². The minimum Gasteiger partial charge on any atom is -0.496 e. The van der Waals surface area contributed by atoms with Crippen molar-refractivity contribution in [2.75, 3.05) is 14.2 Å². The van der Waals surface area contributed by atoms with Gasteiger partial charge in [0.15, 0.2) is 0 Å². The van der Waals surface area contributed by atoms with Crippen LogP contribution in [0.4, 0.5) is 0 Å². The standard InChI is InChI=1S/C23H26O2P.C19H30P.Fe/c1-15-11-20(12-16(2)22(15)24-5)26(19-9-7-8-10-19)21-13-17(3)23(25-6)18(4)14-21;1-16(17-10-8-9-11-17)20(18-12-4-2-5-13-18)19-14-6-3-7-15-19;/h7-14H,1-6H3;8-11,16,18-19H,2-7,12-15H2,1H3;. The predicted molar refractivity (Wildman–Crippen MR) is 202 cm³/mol. The van der Waals surface area contributed by atoms with Crippen LogP contribution in [0.5, 0.6) is 11.5 Å². The SMILES string of the molecule is CC([C]1[CH][CH][CH][CH]1)P(C1CCCCC1)C1CCCCC1.COc1c(C)cc(P([C]2[CH][CH][CH][CH]2)c2cc(C)c(OC)c(C)c2)cc1C.[Fe]. The Hall–Kier alpha value is -0.581. The van der Waals surface area contributed by atoms with Gasteiger partial charge in [-0.1, -0.05) is 53.4 Å². The smallest absolute Gasteiger partial charge is 0.124 e. The van der Waals surface area contributed by atoms with Gasteiger partial charge in [-0.2, -0.15) is 0 Å². The van der Waals surface area contributed by atoms with E-state index >= 15 is 0 Å². The molecule has 0 bridgehead atoms. The van der Waals surface area contributed by atoms with E-state index in [9.17, 15) is 0 Å². The third kappa shape index (κ3) is 9.81.